The van der Waals surface area contributed by atoms with Crippen molar-refractivity contribution in [3.8, 4) is 0 Å². The van der Waals surface area contributed by atoms with Crippen LogP contribution in [-0.2, 0) is 10.0 Å². The van der Waals surface area contributed by atoms with Gasteiger partial charge >= 0.3 is 0 Å². The molecule has 2 aliphatic rings. The second-order valence-corrected chi connectivity index (χ2v) is 13.1. The van der Waals surface area contributed by atoms with Crippen LogP contribution in [0, 0.1) is 27.7 Å². The third-order valence-corrected chi connectivity index (χ3v) is 11.8. The molecule has 0 saturated carbocycles. The topological polar surface area (TPSA) is 57.7 Å². The highest BCUT2D eigenvalue weighted by atomic mass is 32.2. The maximum absolute atomic E-state index is 13.5. The summed E-state index contributed by atoms with van der Waals surface area (Å²) in [5, 5.41) is 0. The number of nitrogens with zero attached hydrogens (tertiary/aromatic N) is 2. The van der Waals surface area contributed by atoms with Gasteiger partial charge in [-0.3, -0.25) is 4.79 Å². The number of carbonyl (C=O) groups is 1. The molecule has 0 radical (unpaired) electrons. The average Bonchev–Trinajstić information content (AvgIpc) is 3.32. The Morgan fingerprint density at radius 3 is 1.94 bits per heavy atom. The molecule has 4 rings (SSSR count). The Labute approximate surface area is 200 Å². The number of thioether (sulfide) groups is 2. The van der Waals surface area contributed by atoms with Gasteiger partial charge in [0.2, 0.25) is 10.0 Å². The standard InChI is InChI=1S/C24H30N2O3S3/c1-16-15-17(2)19(4)22(18(16)3)32(28,29)26-11-9-25(10-12-26)23(27)20-5-7-21(8-6-20)24-30-13-14-31-24/h5-8,15,24H,9-14H2,1-4H3. The average molecular weight is 491 g/mol. The molecule has 0 unspecified atom stereocenters. The second kappa shape index (κ2) is 9.41. The zero-order valence-electron chi connectivity index (χ0n) is 19.1. The molecular formula is C24H30N2O3S3. The lowest BCUT2D eigenvalue weighted by atomic mass is 10.0. The van der Waals surface area contributed by atoms with Gasteiger partial charge in [-0.05, 0) is 67.6 Å². The van der Waals surface area contributed by atoms with Crippen LogP contribution < -0.4 is 0 Å². The van der Waals surface area contributed by atoms with E-state index < -0.39 is 10.0 Å². The van der Waals surface area contributed by atoms with Gasteiger partial charge in [0.25, 0.3) is 5.91 Å². The lowest BCUT2D eigenvalue weighted by Crippen LogP contribution is -2.50. The van der Waals surface area contributed by atoms with Crippen LogP contribution in [0.25, 0.3) is 0 Å². The first-order valence-corrected chi connectivity index (χ1v) is 14.4. The molecule has 8 heteroatoms. The lowest BCUT2D eigenvalue weighted by molar-refractivity contribution is 0.0698. The van der Waals surface area contributed by atoms with Crippen molar-refractivity contribution < 1.29 is 13.2 Å². The predicted molar refractivity (Wildman–Crippen MR) is 134 cm³/mol. The molecule has 0 aromatic heterocycles. The summed E-state index contributed by atoms with van der Waals surface area (Å²) >= 11 is 3.89. The number of aryl methyl sites for hydroxylation is 2. The number of rotatable bonds is 4. The highest BCUT2D eigenvalue weighted by Crippen LogP contribution is 2.45. The fraction of sp³-hybridized carbons (Fsp3) is 0.458. The quantitative estimate of drug-likeness (QED) is 0.630. The van der Waals surface area contributed by atoms with Crippen molar-refractivity contribution in [2.45, 2.75) is 37.2 Å². The summed E-state index contributed by atoms with van der Waals surface area (Å²) in [5.74, 6) is 2.31. The molecule has 2 heterocycles. The summed E-state index contributed by atoms with van der Waals surface area (Å²) in [7, 11) is -3.61. The van der Waals surface area contributed by atoms with Crippen LogP contribution in [-0.4, -0.2) is 61.2 Å². The zero-order valence-corrected chi connectivity index (χ0v) is 21.5. The van der Waals surface area contributed by atoms with Crippen LogP contribution in [0.3, 0.4) is 0 Å². The number of hydrogen-bond acceptors (Lipinski definition) is 5. The van der Waals surface area contributed by atoms with Crippen LogP contribution in [0.5, 0.6) is 0 Å². The zero-order chi connectivity index (χ0) is 23.0. The fourth-order valence-electron chi connectivity index (χ4n) is 4.34. The third kappa shape index (κ3) is 4.47. The van der Waals surface area contributed by atoms with Crippen molar-refractivity contribution in [3.63, 3.8) is 0 Å². The number of carbonyl (C=O) groups excluding carboxylic acids is 1. The molecule has 0 bridgehead atoms. The van der Waals surface area contributed by atoms with E-state index in [-0.39, 0.29) is 5.91 Å². The summed E-state index contributed by atoms with van der Waals surface area (Å²) in [5.41, 5.74) is 5.51. The van der Waals surface area contributed by atoms with Gasteiger partial charge in [-0.2, -0.15) is 4.31 Å². The SMILES string of the molecule is Cc1cc(C)c(C)c(S(=O)(=O)N2CCN(C(=O)c3ccc(C4SCCS4)cc3)CC2)c1C. The molecule has 2 fully saturated rings. The van der Waals surface area contributed by atoms with Gasteiger partial charge in [-0.1, -0.05) is 18.2 Å². The molecule has 0 aliphatic carbocycles. The number of benzene rings is 2. The van der Waals surface area contributed by atoms with Crippen LogP contribution in [0.4, 0.5) is 0 Å². The number of amides is 1. The maximum atomic E-state index is 13.5. The lowest BCUT2D eigenvalue weighted by Gasteiger charge is -2.35. The van der Waals surface area contributed by atoms with Crippen LogP contribution in [0.2, 0.25) is 0 Å². The van der Waals surface area contributed by atoms with Crippen molar-refractivity contribution in [1.29, 1.82) is 0 Å². The van der Waals surface area contributed by atoms with Crippen LogP contribution in [0.15, 0.2) is 35.2 Å². The molecule has 172 valence electrons. The van der Waals surface area contributed by atoms with Crippen molar-refractivity contribution in [3.05, 3.63) is 63.7 Å². The van der Waals surface area contributed by atoms with Crippen molar-refractivity contribution >= 4 is 39.5 Å². The monoisotopic (exact) mass is 490 g/mol. The molecule has 0 atom stereocenters. The highest BCUT2D eigenvalue weighted by molar-refractivity contribution is 8.19. The van der Waals surface area contributed by atoms with Gasteiger partial charge in [0.1, 0.15) is 0 Å². The summed E-state index contributed by atoms with van der Waals surface area (Å²) in [6.07, 6.45) is 0. The maximum Gasteiger partial charge on any atom is 0.253 e. The van der Waals surface area contributed by atoms with Crippen molar-refractivity contribution in [2.75, 3.05) is 37.7 Å². The largest absolute Gasteiger partial charge is 0.336 e. The fourth-order valence-corrected chi connectivity index (χ4v) is 9.20. The summed E-state index contributed by atoms with van der Waals surface area (Å²) < 4.78 is 28.9. The van der Waals surface area contributed by atoms with E-state index in [0.717, 1.165) is 22.3 Å². The Morgan fingerprint density at radius 2 is 1.41 bits per heavy atom. The smallest absolute Gasteiger partial charge is 0.253 e. The number of piperazine rings is 1. The molecule has 2 aliphatic heterocycles. The van der Waals surface area contributed by atoms with Crippen LogP contribution >= 0.6 is 23.5 Å². The Kier molecular flexibility index (Phi) is 6.96. The Hall–Kier alpha value is -1.48. The molecular weight excluding hydrogens is 460 g/mol. The molecule has 0 spiro atoms. The number of hydrogen-bond donors (Lipinski definition) is 0. The van der Waals surface area contributed by atoms with E-state index in [0.29, 0.717) is 41.2 Å². The van der Waals surface area contributed by atoms with E-state index in [2.05, 4.69) is 12.1 Å². The van der Waals surface area contributed by atoms with Gasteiger partial charge in [0.05, 0.1) is 9.48 Å². The summed E-state index contributed by atoms with van der Waals surface area (Å²) in [4.78, 5) is 15.2. The molecule has 5 nitrogen and oxygen atoms in total. The van der Waals surface area contributed by atoms with E-state index in [4.69, 9.17) is 0 Å². The predicted octanol–water partition coefficient (Wildman–Crippen LogP) is 4.55. The first kappa shape index (κ1) is 23.7. The second-order valence-electron chi connectivity index (χ2n) is 8.48. The minimum atomic E-state index is -3.61. The minimum Gasteiger partial charge on any atom is -0.336 e. The highest BCUT2D eigenvalue weighted by Gasteiger charge is 2.33. The van der Waals surface area contributed by atoms with Gasteiger partial charge in [0, 0.05) is 43.2 Å². The Balaban J connectivity index is 1.45. The summed E-state index contributed by atoms with van der Waals surface area (Å²) in [6.45, 7) is 9.08. The summed E-state index contributed by atoms with van der Waals surface area (Å²) in [6, 6.07) is 9.95. The third-order valence-electron chi connectivity index (χ3n) is 6.47. The molecule has 2 aromatic carbocycles. The van der Waals surface area contributed by atoms with Gasteiger partial charge in [0.15, 0.2) is 0 Å². The van der Waals surface area contributed by atoms with Crippen LogP contribution in [0.1, 0.15) is 42.8 Å². The normalized spacial score (nSPS) is 18.3. The Bertz CT molecular complexity index is 1090. The molecule has 0 N–H and O–H groups in total. The molecule has 1 amide bonds. The Morgan fingerprint density at radius 1 is 0.875 bits per heavy atom. The van der Waals surface area contributed by atoms with E-state index >= 15 is 0 Å². The molecule has 2 aromatic rings. The number of sulfonamides is 1. The molecule has 32 heavy (non-hydrogen) atoms. The van der Waals surface area contributed by atoms with E-state index in [1.54, 1.807) is 4.90 Å². The van der Waals surface area contributed by atoms with Crippen molar-refractivity contribution in [2.24, 2.45) is 0 Å². The molecule has 2 saturated heterocycles. The van der Waals surface area contributed by atoms with Gasteiger partial charge in [-0.15, -0.1) is 23.5 Å². The minimum absolute atomic E-state index is 0.0286. The first-order valence-electron chi connectivity index (χ1n) is 10.9. The van der Waals surface area contributed by atoms with E-state index in [1.165, 1.54) is 21.4 Å². The van der Waals surface area contributed by atoms with E-state index in [9.17, 15) is 13.2 Å². The van der Waals surface area contributed by atoms with Crippen molar-refractivity contribution in [1.82, 2.24) is 9.21 Å². The van der Waals surface area contributed by atoms with E-state index in [1.807, 2.05) is 69.4 Å². The van der Waals surface area contributed by atoms with Gasteiger partial charge < -0.3 is 4.90 Å². The first-order chi connectivity index (χ1) is 15.2. The van der Waals surface area contributed by atoms with Gasteiger partial charge in [-0.25, -0.2) is 8.42 Å².